The van der Waals surface area contributed by atoms with Crippen LogP contribution in [0.5, 0.6) is 0 Å². The summed E-state index contributed by atoms with van der Waals surface area (Å²) in [5.74, 6) is -0.782. The van der Waals surface area contributed by atoms with E-state index in [9.17, 15) is 22.8 Å². The molecule has 112 valence electrons. The Morgan fingerprint density at radius 1 is 1.32 bits per heavy atom. The number of ether oxygens (including phenoxy) is 1. The summed E-state index contributed by atoms with van der Waals surface area (Å²) < 4.78 is 39.2. The molecule has 8 heteroatoms. The van der Waals surface area contributed by atoms with Crippen molar-refractivity contribution in [2.75, 3.05) is 13.2 Å². The van der Waals surface area contributed by atoms with E-state index in [2.05, 4.69) is 10.1 Å². The van der Waals surface area contributed by atoms with Gasteiger partial charge in [-0.2, -0.15) is 13.2 Å². The molecule has 1 amide bonds. The Bertz CT molecular complexity index is 294. The van der Waals surface area contributed by atoms with E-state index in [1.165, 1.54) is 0 Å². The largest absolute Gasteiger partial charge is 0.481 e. The monoisotopic (exact) mass is 285 g/mol. The van der Waals surface area contributed by atoms with Crippen LogP contribution in [0, 0.1) is 5.92 Å². The predicted octanol–water partition coefficient (Wildman–Crippen LogP) is 2.56. The number of nitrogens with one attached hydrogen (secondary N) is 1. The molecular weight excluding hydrogens is 267 g/mol. The Labute approximate surface area is 109 Å². The lowest BCUT2D eigenvalue weighted by molar-refractivity contribution is -0.160. The highest BCUT2D eigenvalue weighted by molar-refractivity contribution is 5.67. The molecule has 0 fully saturated rings. The molecule has 0 aliphatic heterocycles. The second kappa shape index (κ2) is 8.60. The summed E-state index contributed by atoms with van der Waals surface area (Å²) in [6, 6.07) is 0. The fraction of sp³-hybridized carbons (Fsp3) is 0.818. The van der Waals surface area contributed by atoms with Crippen molar-refractivity contribution < 1.29 is 32.6 Å². The van der Waals surface area contributed by atoms with Crippen molar-refractivity contribution in [1.82, 2.24) is 5.32 Å². The van der Waals surface area contributed by atoms with Crippen molar-refractivity contribution in [3.05, 3.63) is 0 Å². The van der Waals surface area contributed by atoms with Gasteiger partial charge in [0.15, 0.2) is 6.61 Å². The first-order valence-electron chi connectivity index (χ1n) is 5.93. The Balaban J connectivity index is 3.75. The third-order valence-electron chi connectivity index (χ3n) is 2.53. The van der Waals surface area contributed by atoms with Gasteiger partial charge < -0.3 is 15.2 Å². The minimum absolute atomic E-state index is 0.0387. The van der Waals surface area contributed by atoms with Gasteiger partial charge in [-0.25, -0.2) is 4.79 Å². The Morgan fingerprint density at radius 3 is 2.42 bits per heavy atom. The SMILES string of the molecule is CCC(CCNC(=O)OCC(F)(F)F)CCC(=O)O. The highest BCUT2D eigenvalue weighted by Gasteiger charge is 2.29. The van der Waals surface area contributed by atoms with Gasteiger partial charge in [-0.15, -0.1) is 0 Å². The van der Waals surface area contributed by atoms with Crippen molar-refractivity contribution in [2.24, 2.45) is 5.92 Å². The number of rotatable bonds is 8. The zero-order valence-corrected chi connectivity index (χ0v) is 10.6. The maximum absolute atomic E-state index is 11.7. The molecular formula is C11H18F3NO4. The van der Waals surface area contributed by atoms with Crippen LogP contribution in [-0.2, 0) is 9.53 Å². The molecule has 0 aliphatic rings. The third kappa shape index (κ3) is 11.4. The van der Waals surface area contributed by atoms with Crippen LogP contribution in [0.4, 0.5) is 18.0 Å². The summed E-state index contributed by atoms with van der Waals surface area (Å²) in [5, 5.41) is 10.7. The summed E-state index contributed by atoms with van der Waals surface area (Å²) in [7, 11) is 0. The molecule has 5 nitrogen and oxygen atoms in total. The predicted molar refractivity (Wildman–Crippen MR) is 60.7 cm³/mol. The normalized spacial score (nSPS) is 12.8. The van der Waals surface area contributed by atoms with Gasteiger partial charge in [0.1, 0.15) is 0 Å². The minimum Gasteiger partial charge on any atom is -0.481 e. The summed E-state index contributed by atoms with van der Waals surface area (Å²) in [6.45, 7) is 0.429. The van der Waals surface area contributed by atoms with E-state index in [0.717, 1.165) is 6.42 Å². The van der Waals surface area contributed by atoms with Gasteiger partial charge in [0.05, 0.1) is 0 Å². The average Bonchev–Trinajstić information content (AvgIpc) is 2.29. The van der Waals surface area contributed by atoms with Crippen LogP contribution >= 0.6 is 0 Å². The lowest BCUT2D eigenvalue weighted by Crippen LogP contribution is -2.30. The molecule has 0 aromatic carbocycles. The second-order valence-electron chi connectivity index (χ2n) is 4.11. The molecule has 19 heavy (non-hydrogen) atoms. The summed E-state index contributed by atoms with van der Waals surface area (Å²) in [5.41, 5.74) is 0. The summed E-state index contributed by atoms with van der Waals surface area (Å²) >= 11 is 0. The van der Waals surface area contributed by atoms with E-state index in [0.29, 0.717) is 12.8 Å². The third-order valence-corrected chi connectivity index (χ3v) is 2.53. The molecule has 0 bridgehead atoms. The van der Waals surface area contributed by atoms with E-state index < -0.39 is 24.8 Å². The zero-order valence-electron chi connectivity index (χ0n) is 10.6. The van der Waals surface area contributed by atoms with Crippen molar-refractivity contribution >= 4 is 12.1 Å². The second-order valence-corrected chi connectivity index (χ2v) is 4.11. The van der Waals surface area contributed by atoms with Crippen LogP contribution in [0.15, 0.2) is 0 Å². The molecule has 2 N–H and O–H groups in total. The van der Waals surface area contributed by atoms with Crippen molar-refractivity contribution in [1.29, 1.82) is 0 Å². The maximum Gasteiger partial charge on any atom is 0.422 e. The van der Waals surface area contributed by atoms with Crippen LogP contribution in [0.25, 0.3) is 0 Å². The van der Waals surface area contributed by atoms with E-state index in [1.807, 2.05) is 6.92 Å². The summed E-state index contributed by atoms with van der Waals surface area (Å²) in [6.07, 6.45) is -3.89. The maximum atomic E-state index is 11.7. The molecule has 1 atom stereocenters. The van der Waals surface area contributed by atoms with Crippen LogP contribution in [0.3, 0.4) is 0 Å². The van der Waals surface area contributed by atoms with Gasteiger partial charge in [0, 0.05) is 13.0 Å². The molecule has 0 rings (SSSR count). The average molecular weight is 285 g/mol. The Morgan fingerprint density at radius 2 is 1.95 bits per heavy atom. The van der Waals surface area contributed by atoms with Crippen LogP contribution in [-0.4, -0.2) is 36.5 Å². The molecule has 0 aromatic rings. The van der Waals surface area contributed by atoms with Gasteiger partial charge >= 0.3 is 18.2 Å². The van der Waals surface area contributed by atoms with E-state index in [-0.39, 0.29) is 18.9 Å². The number of carbonyl (C=O) groups excluding carboxylic acids is 1. The fourth-order valence-electron chi connectivity index (χ4n) is 1.46. The van der Waals surface area contributed by atoms with Gasteiger partial charge in [-0.1, -0.05) is 13.3 Å². The topological polar surface area (TPSA) is 75.6 Å². The van der Waals surface area contributed by atoms with E-state index in [4.69, 9.17) is 5.11 Å². The number of alkyl halides is 3. The number of alkyl carbamates (subject to hydrolysis) is 1. The number of hydrogen-bond donors (Lipinski definition) is 2. The minimum atomic E-state index is -4.54. The molecule has 0 aromatic heterocycles. The molecule has 0 radical (unpaired) electrons. The Hall–Kier alpha value is -1.47. The Kier molecular flexibility index (Phi) is 7.94. The van der Waals surface area contributed by atoms with Crippen molar-refractivity contribution in [3.63, 3.8) is 0 Å². The first-order valence-corrected chi connectivity index (χ1v) is 5.93. The fourth-order valence-corrected chi connectivity index (χ4v) is 1.46. The van der Waals surface area contributed by atoms with Gasteiger partial charge in [0.2, 0.25) is 0 Å². The van der Waals surface area contributed by atoms with E-state index >= 15 is 0 Å². The quantitative estimate of drug-likeness (QED) is 0.718. The number of carboxylic acid groups (broad SMARTS) is 1. The number of amides is 1. The van der Waals surface area contributed by atoms with Crippen molar-refractivity contribution in [3.8, 4) is 0 Å². The van der Waals surface area contributed by atoms with Gasteiger partial charge in [-0.05, 0) is 18.8 Å². The summed E-state index contributed by atoms with van der Waals surface area (Å²) in [4.78, 5) is 21.3. The number of aliphatic carboxylic acids is 1. The van der Waals surface area contributed by atoms with Crippen LogP contribution < -0.4 is 5.32 Å². The van der Waals surface area contributed by atoms with Crippen molar-refractivity contribution in [2.45, 2.75) is 38.8 Å². The molecule has 0 heterocycles. The first kappa shape index (κ1) is 17.5. The van der Waals surface area contributed by atoms with Gasteiger partial charge in [-0.3, -0.25) is 4.79 Å². The molecule has 0 aliphatic carbocycles. The van der Waals surface area contributed by atoms with Gasteiger partial charge in [0.25, 0.3) is 0 Å². The number of carboxylic acids is 1. The first-order chi connectivity index (χ1) is 8.74. The molecule has 0 saturated carbocycles. The smallest absolute Gasteiger partial charge is 0.422 e. The number of carbonyl (C=O) groups is 2. The lowest BCUT2D eigenvalue weighted by Gasteiger charge is -2.14. The molecule has 0 saturated heterocycles. The zero-order chi connectivity index (χ0) is 14.9. The van der Waals surface area contributed by atoms with Crippen LogP contribution in [0.1, 0.15) is 32.6 Å². The molecule has 0 spiro atoms. The number of hydrogen-bond acceptors (Lipinski definition) is 3. The lowest BCUT2D eigenvalue weighted by atomic mass is 9.97. The van der Waals surface area contributed by atoms with E-state index in [1.54, 1.807) is 0 Å². The highest BCUT2D eigenvalue weighted by Crippen LogP contribution is 2.15. The number of halogens is 3. The standard InChI is InChI=1S/C11H18F3NO4/c1-2-8(3-4-9(16)17)5-6-15-10(18)19-7-11(12,13)14/h8H,2-7H2,1H3,(H,15,18)(H,16,17). The van der Waals surface area contributed by atoms with Crippen LogP contribution in [0.2, 0.25) is 0 Å². The molecule has 1 unspecified atom stereocenters. The highest BCUT2D eigenvalue weighted by atomic mass is 19.4.